The Morgan fingerprint density at radius 3 is 1.11 bits per heavy atom. The lowest BCUT2D eigenvalue weighted by Crippen LogP contribution is -2.60. The number of likely N-dealkylation sites (tertiary alicyclic amines) is 2. The van der Waals surface area contributed by atoms with Crippen LogP contribution in [0.5, 0.6) is 0 Å². The van der Waals surface area contributed by atoms with E-state index in [9.17, 15) is 9.59 Å². The van der Waals surface area contributed by atoms with E-state index in [1.54, 1.807) is 43.3 Å². The molecule has 1 N–H and O–H groups in total. The molecule has 5 nitrogen and oxygen atoms in total. The molecule has 1 saturated carbocycles. The molecule has 2 aliphatic heterocycles. The lowest BCUT2D eigenvalue weighted by atomic mass is 9.71. The van der Waals surface area contributed by atoms with Crippen LogP contribution < -0.4 is 0 Å². The molecule has 0 atom stereocenters. The number of Topliss-reactive ketones (excluding diaryl/α,β-unsaturated/α-hetero) is 2. The van der Waals surface area contributed by atoms with Gasteiger partial charge >= 0.3 is 0 Å². The van der Waals surface area contributed by atoms with Gasteiger partial charge in [0, 0.05) is 65.9 Å². The normalized spacial score (nSPS) is 21.8. The number of hydrogen-bond donors (Lipinski definition) is 1. The first-order valence-corrected chi connectivity index (χ1v) is 27.2. The van der Waals surface area contributed by atoms with E-state index in [0.717, 1.165) is 20.9 Å². The smallest absolute Gasteiger partial charge is 0.181 e. The summed E-state index contributed by atoms with van der Waals surface area (Å²) < 4.78 is 0. The molecule has 9 rings (SSSR count). The Morgan fingerprint density at radius 2 is 0.769 bits per heavy atom. The number of hydrogen-bond acceptors (Lipinski definition) is 6. The van der Waals surface area contributed by atoms with Gasteiger partial charge in [0.2, 0.25) is 0 Å². The maximum Gasteiger partial charge on any atom is 0.181 e. The number of nitrogens with one attached hydrogen (secondary N) is 1. The van der Waals surface area contributed by atoms with E-state index in [1.165, 1.54) is 95.1 Å². The molecule has 65 heavy (non-hydrogen) atoms. The quantitative estimate of drug-likeness (QED) is 0.228. The molecule has 0 unspecified atom stereocenters. The molecular weight excluding hydrogens is 835 g/mol. The lowest BCUT2D eigenvalue weighted by Gasteiger charge is -2.43. The second kappa shape index (κ2) is 16.5. The van der Waals surface area contributed by atoms with Gasteiger partial charge < -0.3 is 14.8 Å². The van der Waals surface area contributed by atoms with Crippen LogP contribution >= 0.6 is 22.7 Å². The van der Waals surface area contributed by atoms with Crippen LogP contribution in [-0.2, 0) is 58.2 Å². The van der Waals surface area contributed by atoms with Crippen molar-refractivity contribution in [1.82, 2.24) is 14.8 Å². The van der Waals surface area contributed by atoms with Crippen molar-refractivity contribution in [2.75, 3.05) is 40.3 Å². The first kappa shape index (κ1) is 50.8. The number of piperidine rings is 1. The van der Waals surface area contributed by atoms with Gasteiger partial charge in [-0.3, -0.25) is 9.59 Å². The van der Waals surface area contributed by atoms with Gasteiger partial charge in [0.1, 0.15) is 5.41 Å². The topological polar surface area (TPSA) is 56.4 Å². The summed E-state index contributed by atoms with van der Waals surface area (Å²) >= 11 is 3.78. The van der Waals surface area contributed by atoms with Crippen LogP contribution in [0.1, 0.15) is 243 Å². The van der Waals surface area contributed by atoms with Crippen LogP contribution in [0.15, 0.2) is 0 Å². The van der Waals surface area contributed by atoms with Gasteiger partial charge in [0.05, 0.1) is 0 Å². The highest BCUT2D eigenvalue weighted by Gasteiger charge is 2.62. The summed E-state index contributed by atoms with van der Waals surface area (Å²) in [5.74, 6) is 0.143. The number of H-pyrrole nitrogens is 1. The van der Waals surface area contributed by atoms with Crippen molar-refractivity contribution < 1.29 is 9.59 Å². The summed E-state index contributed by atoms with van der Waals surface area (Å²) in [5.41, 5.74) is 12.6. The minimum Gasteiger partial charge on any atom is -0.361 e. The van der Waals surface area contributed by atoms with E-state index in [1.807, 2.05) is 7.05 Å². The van der Waals surface area contributed by atoms with Crippen molar-refractivity contribution in [2.24, 2.45) is 16.2 Å². The summed E-state index contributed by atoms with van der Waals surface area (Å²) in [7, 11) is 4.24. The molecule has 5 heterocycles. The highest BCUT2D eigenvalue weighted by Crippen LogP contribution is 2.56. The molecule has 0 radical (unpaired) electrons. The van der Waals surface area contributed by atoms with E-state index >= 15 is 0 Å². The van der Waals surface area contributed by atoms with E-state index in [0.29, 0.717) is 23.9 Å². The fraction of sp³-hybridized carbons (Fsp3) is 0.759. The van der Waals surface area contributed by atoms with Gasteiger partial charge in [-0.2, -0.15) is 0 Å². The average molecular weight is 927 g/mol. The molecule has 3 fully saturated rings. The molecule has 7 heteroatoms. The van der Waals surface area contributed by atoms with Crippen LogP contribution in [0.2, 0.25) is 0 Å². The maximum absolute atomic E-state index is 13.1. The number of aromatic nitrogens is 1. The molecule has 0 aromatic carbocycles. The van der Waals surface area contributed by atoms with Crippen molar-refractivity contribution in [3.05, 3.63) is 64.3 Å². The van der Waals surface area contributed by atoms with Crippen LogP contribution in [0.3, 0.4) is 0 Å². The minimum atomic E-state index is -0.784. The predicted octanol–water partition coefficient (Wildman–Crippen LogP) is 14.5. The number of rotatable bonds is 0. The third-order valence-electron chi connectivity index (χ3n) is 16.0. The van der Waals surface area contributed by atoms with Crippen molar-refractivity contribution >= 4 is 34.2 Å². The molecular formula is C58H91N3O2S2. The first-order valence-electron chi connectivity index (χ1n) is 25.6. The third-order valence-corrected chi connectivity index (χ3v) is 20.2. The molecule has 362 valence electrons. The maximum atomic E-state index is 13.1. The number of fused-ring (bicyclic) bond motifs is 3. The zero-order valence-electron chi connectivity index (χ0n) is 45.1. The fourth-order valence-electron chi connectivity index (χ4n) is 12.7. The van der Waals surface area contributed by atoms with Crippen molar-refractivity contribution in [3.8, 4) is 0 Å². The van der Waals surface area contributed by atoms with Gasteiger partial charge in [-0.05, 0) is 133 Å². The molecule has 6 aliphatic rings. The number of carbonyl (C=O) groups excluding carboxylic acids is 2. The minimum absolute atomic E-state index is 0.0716. The third kappa shape index (κ3) is 9.39. The van der Waals surface area contributed by atoms with E-state index < -0.39 is 5.41 Å². The first-order chi connectivity index (χ1) is 29.5. The summed E-state index contributed by atoms with van der Waals surface area (Å²) in [6, 6.07) is 0. The molecule has 0 bridgehead atoms. The number of ketones is 2. The largest absolute Gasteiger partial charge is 0.361 e. The second-order valence-electron chi connectivity index (χ2n) is 28.5. The Kier molecular flexibility index (Phi) is 12.9. The molecule has 3 spiro atoms. The van der Waals surface area contributed by atoms with Gasteiger partial charge in [-0.15, -0.1) is 22.7 Å². The Bertz CT molecular complexity index is 2150. The van der Waals surface area contributed by atoms with Crippen molar-refractivity contribution in [2.45, 2.75) is 228 Å². The summed E-state index contributed by atoms with van der Waals surface area (Å²) in [4.78, 5) is 40.2. The number of aromatic amines is 1. The Morgan fingerprint density at radius 1 is 0.431 bits per heavy atom. The van der Waals surface area contributed by atoms with E-state index in [-0.39, 0.29) is 44.1 Å². The molecule has 4 aliphatic carbocycles. The van der Waals surface area contributed by atoms with Gasteiger partial charge in [-0.25, -0.2) is 0 Å². The Balaban J connectivity index is 0.000000145. The van der Waals surface area contributed by atoms with Gasteiger partial charge in [0.25, 0.3) is 0 Å². The fourth-order valence-corrected chi connectivity index (χ4v) is 15.6. The van der Waals surface area contributed by atoms with E-state index in [2.05, 4.69) is 158 Å². The number of carbonyl (C=O) groups is 2. The predicted molar refractivity (Wildman–Crippen MR) is 280 cm³/mol. The van der Waals surface area contributed by atoms with Crippen LogP contribution in [-0.4, -0.2) is 66.6 Å². The Labute approximate surface area is 405 Å². The highest BCUT2D eigenvalue weighted by atomic mass is 32.1. The van der Waals surface area contributed by atoms with Crippen LogP contribution in [0.4, 0.5) is 0 Å². The lowest BCUT2D eigenvalue weighted by molar-refractivity contribution is 0.0270. The van der Waals surface area contributed by atoms with Gasteiger partial charge in [0.15, 0.2) is 11.6 Å². The van der Waals surface area contributed by atoms with E-state index in [4.69, 9.17) is 0 Å². The molecule has 0 amide bonds. The second-order valence-corrected chi connectivity index (χ2v) is 30.6. The summed E-state index contributed by atoms with van der Waals surface area (Å²) in [6.07, 6.45) is 15.4. The van der Waals surface area contributed by atoms with Gasteiger partial charge in [-0.1, -0.05) is 144 Å². The summed E-state index contributed by atoms with van der Waals surface area (Å²) in [5, 5.41) is 0. The average Bonchev–Trinajstić information content (AvgIpc) is 3.96. The number of thiophene rings is 2. The molecule has 2 saturated heterocycles. The zero-order valence-corrected chi connectivity index (χ0v) is 46.8. The monoisotopic (exact) mass is 926 g/mol. The summed E-state index contributed by atoms with van der Waals surface area (Å²) in [6.45, 7) is 45.0. The standard InChI is InChI=1S/C20H33NS.C20H33N.C18H25NO2S/c1-18(2,3)16-14-12-20(8-10-21(7)11-9-20)13-15(14)17(22-16)19(4,5)6;1-18(2,3)16-14-12-20(10-8-7-9-11-20)13-15(14)17(21-16)19(4,5)6;1-16(2,3)14-10-11(15(22-14)17(4,5)6)13(21)18(12(10)20)8-19(7)9-18/h8-13H2,1-7H3;21H,7-13H2,1-6H3;8-9H2,1-7H3. The molecule has 3 aromatic heterocycles. The molecule has 3 aromatic rings. The van der Waals surface area contributed by atoms with Crippen LogP contribution in [0.25, 0.3) is 0 Å². The zero-order chi connectivity index (χ0) is 48.5. The van der Waals surface area contributed by atoms with Crippen LogP contribution in [0, 0.1) is 16.2 Å². The SMILES string of the molecule is CC(C)(C)c1[nH]c(C(C)(C)C)c2c1CC1(CCCCC1)C2.CN1CC2(C1)C(=O)c1c(C(C)(C)C)sc(C(C)(C)C)c1C2=O.CN1CCC2(CC1)Cc1c(C(C)(C)C)sc(C(C)(C)C)c1C2. The highest BCUT2D eigenvalue weighted by molar-refractivity contribution is 7.13. The Hall–Kier alpha value is -2.06. The van der Waals surface area contributed by atoms with Crippen molar-refractivity contribution in [3.63, 3.8) is 0 Å². The van der Waals surface area contributed by atoms with Crippen molar-refractivity contribution in [1.29, 1.82) is 0 Å². The number of nitrogens with zero attached hydrogens (tertiary/aromatic N) is 2.